The molecule has 1 fully saturated rings. The zero-order valence-corrected chi connectivity index (χ0v) is 10.4. The van der Waals surface area contributed by atoms with Gasteiger partial charge in [0.1, 0.15) is 6.54 Å². The van der Waals surface area contributed by atoms with Gasteiger partial charge in [-0.2, -0.15) is 0 Å². The summed E-state index contributed by atoms with van der Waals surface area (Å²) in [5.41, 5.74) is 0.186. The minimum absolute atomic E-state index is 0.183. The molecule has 7 heteroatoms. The van der Waals surface area contributed by atoms with E-state index in [0.29, 0.717) is 5.92 Å². The first-order valence-corrected chi connectivity index (χ1v) is 5.88. The van der Waals surface area contributed by atoms with Gasteiger partial charge in [0.2, 0.25) is 0 Å². The lowest BCUT2D eigenvalue weighted by Crippen LogP contribution is -2.36. The Hall–Kier alpha value is -1.92. The monoisotopic (exact) mass is 252 g/mol. The van der Waals surface area contributed by atoms with Crippen molar-refractivity contribution in [3.05, 3.63) is 11.9 Å². The van der Waals surface area contributed by atoms with E-state index >= 15 is 0 Å². The zero-order valence-electron chi connectivity index (χ0n) is 10.4. The van der Waals surface area contributed by atoms with E-state index in [-0.39, 0.29) is 24.2 Å². The Labute approximate surface area is 104 Å². The van der Waals surface area contributed by atoms with Gasteiger partial charge in [0.15, 0.2) is 5.69 Å². The van der Waals surface area contributed by atoms with Crippen LogP contribution in [0.1, 0.15) is 30.3 Å². The topological polar surface area (TPSA) is 88.3 Å². The number of rotatable bonds is 5. The van der Waals surface area contributed by atoms with E-state index in [9.17, 15) is 9.59 Å². The molecule has 1 aromatic rings. The van der Waals surface area contributed by atoms with Crippen LogP contribution in [0.15, 0.2) is 6.20 Å². The fraction of sp³-hybridized carbons (Fsp3) is 0.636. The number of amides is 1. The van der Waals surface area contributed by atoms with Gasteiger partial charge in [0.05, 0.1) is 6.20 Å². The summed E-state index contributed by atoms with van der Waals surface area (Å²) in [5, 5.41) is 15.9. The van der Waals surface area contributed by atoms with Gasteiger partial charge in [-0.05, 0) is 25.7 Å². The molecule has 18 heavy (non-hydrogen) atoms. The summed E-state index contributed by atoms with van der Waals surface area (Å²) in [6.07, 6.45) is 3.68. The van der Waals surface area contributed by atoms with Crippen LogP contribution >= 0.6 is 0 Å². The molecule has 0 aliphatic heterocycles. The lowest BCUT2D eigenvalue weighted by atomic mass is 10.2. The largest absolute Gasteiger partial charge is 0.480 e. The number of aliphatic carboxylic acids is 1. The predicted molar refractivity (Wildman–Crippen MR) is 61.9 cm³/mol. The highest BCUT2D eigenvalue weighted by atomic mass is 16.4. The number of carbonyl (C=O) groups excluding carboxylic acids is 1. The number of carbonyl (C=O) groups is 2. The van der Waals surface area contributed by atoms with Crippen LogP contribution in [-0.2, 0) is 11.3 Å². The normalized spacial score (nSPS) is 16.3. The van der Waals surface area contributed by atoms with Crippen LogP contribution in [0.4, 0.5) is 0 Å². The third-order valence-corrected chi connectivity index (χ3v) is 3.29. The smallest absolute Gasteiger partial charge is 0.325 e. The number of carboxylic acids is 1. The summed E-state index contributed by atoms with van der Waals surface area (Å²) in [4.78, 5) is 24.2. The highest BCUT2D eigenvalue weighted by molar-refractivity contribution is 5.92. The molecule has 0 aromatic carbocycles. The van der Waals surface area contributed by atoms with Gasteiger partial charge in [0, 0.05) is 13.1 Å². The van der Waals surface area contributed by atoms with E-state index in [1.54, 1.807) is 11.9 Å². The van der Waals surface area contributed by atoms with E-state index in [1.807, 2.05) is 6.92 Å². The molecular formula is C11H16N4O3. The van der Waals surface area contributed by atoms with Crippen molar-refractivity contribution in [1.29, 1.82) is 0 Å². The SMILES string of the molecule is CC(C1CC1)N(C)C(=O)c1cn(CC(=O)O)nn1. The molecule has 1 aromatic heterocycles. The molecule has 1 aliphatic rings. The molecule has 0 saturated heterocycles. The Morgan fingerprint density at radius 2 is 2.28 bits per heavy atom. The molecule has 2 rings (SSSR count). The number of aromatic nitrogens is 3. The number of nitrogens with zero attached hydrogens (tertiary/aromatic N) is 4. The number of carboxylic acid groups (broad SMARTS) is 1. The van der Waals surface area contributed by atoms with Crippen molar-refractivity contribution in [3.63, 3.8) is 0 Å². The van der Waals surface area contributed by atoms with E-state index in [2.05, 4.69) is 10.3 Å². The molecule has 1 amide bonds. The van der Waals surface area contributed by atoms with Crippen LogP contribution in [0.5, 0.6) is 0 Å². The molecule has 0 radical (unpaired) electrons. The first kappa shape index (κ1) is 12.5. The fourth-order valence-corrected chi connectivity index (χ4v) is 1.87. The van der Waals surface area contributed by atoms with Crippen molar-refractivity contribution in [2.45, 2.75) is 32.4 Å². The summed E-state index contributed by atoms with van der Waals surface area (Å²) in [7, 11) is 1.74. The van der Waals surface area contributed by atoms with E-state index in [0.717, 1.165) is 17.5 Å². The van der Waals surface area contributed by atoms with Gasteiger partial charge < -0.3 is 10.0 Å². The Kier molecular flexibility index (Phi) is 3.31. The molecule has 1 heterocycles. The third kappa shape index (κ3) is 2.66. The molecule has 0 spiro atoms. The maximum Gasteiger partial charge on any atom is 0.325 e. The van der Waals surface area contributed by atoms with Crippen molar-refractivity contribution in [2.24, 2.45) is 5.92 Å². The molecule has 7 nitrogen and oxygen atoms in total. The molecule has 1 saturated carbocycles. The van der Waals surface area contributed by atoms with Crippen molar-refractivity contribution >= 4 is 11.9 Å². The zero-order chi connectivity index (χ0) is 13.3. The Bertz CT molecular complexity index is 467. The highest BCUT2D eigenvalue weighted by Gasteiger charge is 2.33. The van der Waals surface area contributed by atoms with E-state index < -0.39 is 5.97 Å². The van der Waals surface area contributed by atoms with Gasteiger partial charge >= 0.3 is 5.97 Å². The summed E-state index contributed by atoms with van der Waals surface area (Å²) in [6, 6.07) is 0.183. The lowest BCUT2D eigenvalue weighted by Gasteiger charge is -2.23. The second-order valence-electron chi connectivity index (χ2n) is 4.69. The summed E-state index contributed by atoms with van der Waals surface area (Å²) < 4.78 is 1.14. The van der Waals surface area contributed by atoms with Crippen molar-refractivity contribution < 1.29 is 14.7 Å². The average molecular weight is 252 g/mol. The summed E-state index contributed by atoms with van der Waals surface area (Å²) >= 11 is 0. The lowest BCUT2D eigenvalue weighted by molar-refractivity contribution is -0.137. The van der Waals surface area contributed by atoms with Crippen molar-refractivity contribution in [1.82, 2.24) is 19.9 Å². The Balaban J connectivity index is 2.03. The minimum Gasteiger partial charge on any atom is -0.480 e. The minimum atomic E-state index is -1.02. The molecule has 1 unspecified atom stereocenters. The summed E-state index contributed by atoms with van der Waals surface area (Å²) in [6.45, 7) is 1.72. The average Bonchev–Trinajstić information content (AvgIpc) is 3.07. The molecule has 1 aliphatic carbocycles. The predicted octanol–water partition coefficient (Wildman–Crippen LogP) is 0.233. The van der Waals surface area contributed by atoms with Crippen LogP contribution < -0.4 is 0 Å². The standard InChI is InChI=1S/C11H16N4O3/c1-7(8-3-4-8)14(2)11(18)9-5-15(13-12-9)6-10(16)17/h5,7-8H,3-4,6H2,1-2H3,(H,16,17). The van der Waals surface area contributed by atoms with Crippen molar-refractivity contribution in [3.8, 4) is 0 Å². The maximum absolute atomic E-state index is 12.1. The Morgan fingerprint density at radius 3 is 2.83 bits per heavy atom. The van der Waals surface area contributed by atoms with Crippen LogP contribution in [0.25, 0.3) is 0 Å². The Morgan fingerprint density at radius 1 is 1.61 bits per heavy atom. The van der Waals surface area contributed by atoms with Gasteiger partial charge in [-0.15, -0.1) is 5.10 Å². The van der Waals surface area contributed by atoms with Crippen LogP contribution in [0, 0.1) is 5.92 Å². The van der Waals surface area contributed by atoms with Gasteiger partial charge in [-0.1, -0.05) is 5.21 Å². The van der Waals surface area contributed by atoms with Crippen LogP contribution in [0.3, 0.4) is 0 Å². The number of hydrogen-bond acceptors (Lipinski definition) is 4. The van der Waals surface area contributed by atoms with Crippen molar-refractivity contribution in [2.75, 3.05) is 7.05 Å². The fourth-order valence-electron chi connectivity index (χ4n) is 1.87. The molecular weight excluding hydrogens is 236 g/mol. The van der Waals surface area contributed by atoms with Gasteiger partial charge in [0.25, 0.3) is 5.91 Å². The quantitative estimate of drug-likeness (QED) is 0.810. The van der Waals surface area contributed by atoms with Crippen LogP contribution in [0.2, 0.25) is 0 Å². The molecule has 1 atom stereocenters. The van der Waals surface area contributed by atoms with E-state index in [4.69, 9.17) is 5.11 Å². The molecule has 98 valence electrons. The van der Waals surface area contributed by atoms with Crippen LogP contribution in [-0.4, -0.2) is 50.0 Å². The number of hydrogen-bond donors (Lipinski definition) is 1. The second-order valence-corrected chi connectivity index (χ2v) is 4.69. The van der Waals surface area contributed by atoms with E-state index in [1.165, 1.54) is 6.20 Å². The maximum atomic E-state index is 12.1. The first-order valence-electron chi connectivity index (χ1n) is 5.88. The third-order valence-electron chi connectivity index (χ3n) is 3.29. The first-order chi connectivity index (χ1) is 8.49. The molecule has 1 N–H and O–H groups in total. The molecule has 0 bridgehead atoms. The second kappa shape index (κ2) is 4.75. The van der Waals surface area contributed by atoms with Gasteiger partial charge in [-0.25, -0.2) is 4.68 Å². The highest BCUT2D eigenvalue weighted by Crippen LogP contribution is 2.34. The van der Waals surface area contributed by atoms with Gasteiger partial charge in [-0.3, -0.25) is 9.59 Å². The summed E-state index contributed by atoms with van der Waals surface area (Å²) in [5.74, 6) is -0.655.